The van der Waals surface area contributed by atoms with Gasteiger partial charge in [-0.1, -0.05) is 17.8 Å². The van der Waals surface area contributed by atoms with Gasteiger partial charge in [0.15, 0.2) is 0 Å². The summed E-state index contributed by atoms with van der Waals surface area (Å²) in [6, 6.07) is 5.79. The van der Waals surface area contributed by atoms with Gasteiger partial charge >= 0.3 is 0 Å². The van der Waals surface area contributed by atoms with Gasteiger partial charge in [-0.15, -0.1) is 0 Å². The lowest BCUT2D eigenvalue weighted by molar-refractivity contribution is -0.114. The molecule has 1 aromatic rings. The number of primary amides is 1. The number of thioether (sulfide) groups is 1. The maximum atomic E-state index is 11.2. The first kappa shape index (κ1) is 12.7. The summed E-state index contributed by atoms with van der Waals surface area (Å²) in [5.41, 5.74) is 8.45. The molecule has 94 valence electrons. The SMILES string of the molecule is Cc1ccc(N=C2SCC(O)=C2C(N)=O)cc1C. The van der Waals surface area contributed by atoms with Gasteiger partial charge in [0.2, 0.25) is 0 Å². The molecule has 1 aliphatic rings. The number of benzene rings is 1. The third-order valence-electron chi connectivity index (χ3n) is 2.82. The van der Waals surface area contributed by atoms with Crippen molar-refractivity contribution >= 4 is 28.4 Å². The van der Waals surface area contributed by atoms with Crippen LogP contribution in [0.5, 0.6) is 0 Å². The fraction of sp³-hybridized carbons (Fsp3) is 0.231. The predicted octanol–water partition coefficient (Wildman–Crippen LogP) is 2.38. The van der Waals surface area contributed by atoms with E-state index >= 15 is 0 Å². The Bertz CT molecular complexity index is 576. The zero-order chi connectivity index (χ0) is 13.3. The van der Waals surface area contributed by atoms with Crippen LogP contribution in [0.1, 0.15) is 11.1 Å². The van der Waals surface area contributed by atoms with Crippen molar-refractivity contribution in [2.75, 3.05) is 5.75 Å². The number of hydrogen-bond donors (Lipinski definition) is 2. The minimum atomic E-state index is -0.639. The van der Waals surface area contributed by atoms with Crippen LogP contribution >= 0.6 is 11.8 Å². The molecule has 0 radical (unpaired) electrons. The average Bonchev–Trinajstić information content (AvgIpc) is 2.65. The Morgan fingerprint density at radius 3 is 2.72 bits per heavy atom. The molecule has 1 heterocycles. The minimum Gasteiger partial charge on any atom is -0.510 e. The first-order valence-corrected chi connectivity index (χ1v) is 6.48. The first-order chi connectivity index (χ1) is 8.49. The number of hydrogen-bond acceptors (Lipinski definition) is 4. The fourth-order valence-corrected chi connectivity index (χ4v) is 2.60. The van der Waals surface area contributed by atoms with Gasteiger partial charge in [-0.3, -0.25) is 4.79 Å². The maximum absolute atomic E-state index is 11.2. The Balaban J connectivity index is 2.39. The van der Waals surface area contributed by atoms with E-state index in [0.717, 1.165) is 11.3 Å². The predicted molar refractivity (Wildman–Crippen MR) is 74.3 cm³/mol. The summed E-state index contributed by atoms with van der Waals surface area (Å²) in [7, 11) is 0. The van der Waals surface area contributed by atoms with E-state index in [-0.39, 0.29) is 11.3 Å². The summed E-state index contributed by atoms with van der Waals surface area (Å²) in [5.74, 6) is -0.280. The van der Waals surface area contributed by atoms with Crippen molar-refractivity contribution in [2.24, 2.45) is 10.7 Å². The third-order valence-corrected chi connectivity index (χ3v) is 3.80. The first-order valence-electron chi connectivity index (χ1n) is 5.50. The monoisotopic (exact) mass is 262 g/mol. The van der Waals surface area contributed by atoms with Gasteiger partial charge < -0.3 is 10.8 Å². The molecule has 0 aromatic heterocycles. The zero-order valence-corrected chi connectivity index (χ0v) is 11.0. The molecule has 18 heavy (non-hydrogen) atoms. The van der Waals surface area contributed by atoms with Crippen molar-refractivity contribution in [1.29, 1.82) is 0 Å². The minimum absolute atomic E-state index is 0.00934. The van der Waals surface area contributed by atoms with Crippen LogP contribution in [0.4, 0.5) is 5.69 Å². The summed E-state index contributed by atoms with van der Waals surface area (Å²) in [5, 5.41) is 10.1. The van der Waals surface area contributed by atoms with Gasteiger partial charge in [0.1, 0.15) is 16.4 Å². The van der Waals surface area contributed by atoms with Crippen molar-refractivity contribution in [3.63, 3.8) is 0 Å². The van der Waals surface area contributed by atoms with Gasteiger partial charge in [-0.25, -0.2) is 4.99 Å². The van der Waals surface area contributed by atoms with Gasteiger partial charge in [-0.05, 0) is 37.1 Å². The maximum Gasteiger partial charge on any atom is 0.254 e. The molecule has 0 unspecified atom stereocenters. The van der Waals surface area contributed by atoms with Crippen molar-refractivity contribution in [1.82, 2.24) is 0 Å². The van der Waals surface area contributed by atoms with Gasteiger partial charge in [0, 0.05) is 0 Å². The molecule has 0 aliphatic carbocycles. The Kier molecular flexibility index (Phi) is 3.43. The van der Waals surface area contributed by atoms with Crippen LogP contribution in [0.3, 0.4) is 0 Å². The van der Waals surface area contributed by atoms with Crippen molar-refractivity contribution in [3.8, 4) is 0 Å². The van der Waals surface area contributed by atoms with Crippen LogP contribution in [0.15, 0.2) is 34.5 Å². The standard InChI is InChI=1S/C13H14N2O2S/c1-7-3-4-9(5-8(7)2)15-13-11(12(14)17)10(16)6-18-13/h3-5,16H,6H2,1-2H3,(H2,14,17). The van der Waals surface area contributed by atoms with Gasteiger partial charge in [-0.2, -0.15) is 0 Å². The summed E-state index contributed by atoms with van der Waals surface area (Å²) in [6.07, 6.45) is 0. The zero-order valence-electron chi connectivity index (χ0n) is 10.2. The number of rotatable bonds is 2. The van der Waals surface area contributed by atoms with Gasteiger partial charge in [0.25, 0.3) is 5.91 Å². The second-order valence-corrected chi connectivity index (χ2v) is 5.12. The summed E-state index contributed by atoms with van der Waals surface area (Å²) >= 11 is 1.32. The van der Waals surface area contributed by atoms with E-state index in [9.17, 15) is 9.90 Å². The topological polar surface area (TPSA) is 75.7 Å². The quantitative estimate of drug-likeness (QED) is 0.859. The summed E-state index contributed by atoms with van der Waals surface area (Å²) in [4.78, 5) is 15.6. The number of aryl methyl sites for hydroxylation is 2. The van der Waals surface area contributed by atoms with Crippen LogP contribution in [-0.2, 0) is 4.79 Å². The summed E-state index contributed by atoms with van der Waals surface area (Å²) in [6.45, 7) is 4.03. The van der Waals surface area contributed by atoms with Crippen LogP contribution < -0.4 is 5.73 Å². The highest BCUT2D eigenvalue weighted by atomic mass is 32.2. The van der Waals surface area contributed by atoms with E-state index in [0.29, 0.717) is 10.8 Å². The largest absolute Gasteiger partial charge is 0.510 e. The molecular weight excluding hydrogens is 248 g/mol. The third kappa shape index (κ3) is 2.41. The molecule has 1 amide bonds. The van der Waals surface area contributed by atoms with Crippen molar-refractivity contribution in [2.45, 2.75) is 13.8 Å². The van der Waals surface area contributed by atoms with Crippen LogP contribution in [0, 0.1) is 13.8 Å². The fourth-order valence-electron chi connectivity index (χ4n) is 1.65. The number of aliphatic hydroxyl groups excluding tert-OH is 1. The number of carbonyl (C=O) groups excluding carboxylic acids is 1. The van der Waals surface area contributed by atoms with E-state index in [1.54, 1.807) is 0 Å². The van der Waals surface area contributed by atoms with E-state index in [4.69, 9.17) is 5.73 Å². The van der Waals surface area contributed by atoms with Crippen LogP contribution in [0.2, 0.25) is 0 Å². The van der Waals surface area contributed by atoms with Crippen LogP contribution in [-0.4, -0.2) is 21.8 Å². The van der Waals surface area contributed by atoms with E-state index in [1.165, 1.54) is 17.3 Å². The molecular formula is C13H14N2O2S. The lowest BCUT2D eigenvalue weighted by Gasteiger charge is -2.03. The summed E-state index contributed by atoms with van der Waals surface area (Å²) < 4.78 is 0. The highest BCUT2D eigenvalue weighted by Crippen LogP contribution is 2.29. The van der Waals surface area contributed by atoms with Crippen LogP contribution in [0.25, 0.3) is 0 Å². The molecule has 0 atom stereocenters. The Morgan fingerprint density at radius 1 is 1.39 bits per heavy atom. The number of aliphatic hydroxyl groups is 1. The lowest BCUT2D eigenvalue weighted by atomic mass is 10.1. The smallest absolute Gasteiger partial charge is 0.254 e. The molecule has 0 saturated heterocycles. The average molecular weight is 262 g/mol. The highest BCUT2D eigenvalue weighted by Gasteiger charge is 2.26. The highest BCUT2D eigenvalue weighted by molar-refractivity contribution is 8.15. The lowest BCUT2D eigenvalue weighted by Crippen LogP contribution is -2.18. The number of nitrogens with zero attached hydrogens (tertiary/aromatic N) is 1. The molecule has 0 spiro atoms. The Hall–Kier alpha value is -1.75. The molecule has 4 nitrogen and oxygen atoms in total. The molecule has 3 N–H and O–H groups in total. The Morgan fingerprint density at radius 2 is 2.11 bits per heavy atom. The van der Waals surface area contributed by atoms with Crippen molar-refractivity contribution in [3.05, 3.63) is 40.7 Å². The molecule has 0 bridgehead atoms. The van der Waals surface area contributed by atoms with Crippen molar-refractivity contribution < 1.29 is 9.90 Å². The second-order valence-electron chi connectivity index (χ2n) is 4.16. The molecule has 1 aliphatic heterocycles. The van der Waals surface area contributed by atoms with E-state index < -0.39 is 5.91 Å². The van der Waals surface area contributed by atoms with E-state index in [1.807, 2.05) is 32.0 Å². The second kappa shape index (κ2) is 4.86. The van der Waals surface area contributed by atoms with E-state index in [2.05, 4.69) is 4.99 Å². The molecule has 0 saturated carbocycles. The molecule has 1 aromatic carbocycles. The number of aliphatic imine (C=N–C) groups is 1. The molecule has 0 fully saturated rings. The molecule has 5 heteroatoms. The number of amides is 1. The normalized spacial score (nSPS) is 17.6. The Labute approximate surface area is 110 Å². The number of carbonyl (C=O) groups is 1. The van der Waals surface area contributed by atoms with Gasteiger partial charge in [0.05, 0.1) is 11.4 Å². The molecule has 2 rings (SSSR count). The number of nitrogens with two attached hydrogens (primary N) is 1.